The van der Waals surface area contributed by atoms with E-state index >= 15 is 0 Å². The molecule has 1 fully saturated rings. The summed E-state index contributed by atoms with van der Waals surface area (Å²) < 4.78 is 25.6. The van der Waals surface area contributed by atoms with Gasteiger partial charge in [-0.1, -0.05) is 18.9 Å². The molecule has 1 N–H and O–H groups in total. The number of benzene rings is 1. The molecule has 1 saturated carbocycles. The average molecular weight is 335 g/mol. The number of nitriles is 1. The average Bonchev–Trinajstić information content (AvgIpc) is 2.99. The van der Waals surface area contributed by atoms with Crippen LogP contribution in [0, 0.1) is 23.7 Å². The predicted molar refractivity (Wildman–Crippen MR) is 87.2 cm³/mol. The molecule has 1 aliphatic rings. The highest BCUT2D eigenvalue weighted by molar-refractivity contribution is 7.89. The van der Waals surface area contributed by atoms with E-state index in [0.717, 1.165) is 22.7 Å². The number of carbonyl (C=O) groups is 1. The topological polar surface area (TPSA) is 90.3 Å². The Bertz CT molecular complexity index is 757. The Morgan fingerprint density at radius 2 is 1.91 bits per heavy atom. The van der Waals surface area contributed by atoms with Crippen LogP contribution >= 0.6 is 0 Å². The SMILES string of the molecule is Cc1ccc(S(=O)(=O)N(C)C)cc1NC(=O)C1(C#N)CCCC1. The molecule has 0 unspecified atom stereocenters. The van der Waals surface area contributed by atoms with Crippen LogP contribution in [0.4, 0.5) is 5.69 Å². The van der Waals surface area contributed by atoms with Crippen LogP contribution in [0.1, 0.15) is 31.2 Å². The molecule has 1 aromatic carbocycles. The van der Waals surface area contributed by atoms with Gasteiger partial charge in [-0.25, -0.2) is 12.7 Å². The smallest absolute Gasteiger partial charge is 0.244 e. The number of hydrogen-bond donors (Lipinski definition) is 1. The zero-order valence-electron chi connectivity index (χ0n) is 13.6. The first-order valence-electron chi connectivity index (χ1n) is 7.49. The fourth-order valence-electron chi connectivity index (χ4n) is 2.72. The van der Waals surface area contributed by atoms with Crippen LogP contribution in [-0.2, 0) is 14.8 Å². The van der Waals surface area contributed by atoms with Crippen LogP contribution in [0.2, 0.25) is 0 Å². The van der Waals surface area contributed by atoms with Crippen molar-refractivity contribution >= 4 is 21.6 Å². The molecule has 0 aromatic heterocycles. The van der Waals surface area contributed by atoms with Crippen molar-refractivity contribution < 1.29 is 13.2 Å². The summed E-state index contributed by atoms with van der Waals surface area (Å²) in [4.78, 5) is 12.6. The van der Waals surface area contributed by atoms with Crippen LogP contribution in [0.5, 0.6) is 0 Å². The summed E-state index contributed by atoms with van der Waals surface area (Å²) in [6.07, 6.45) is 2.80. The number of nitrogens with one attached hydrogen (secondary N) is 1. The lowest BCUT2D eigenvalue weighted by Crippen LogP contribution is -2.32. The van der Waals surface area contributed by atoms with Gasteiger partial charge in [0.05, 0.1) is 11.0 Å². The van der Waals surface area contributed by atoms with Gasteiger partial charge in [-0.15, -0.1) is 0 Å². The first kappa shape index (κ1) is 17.4. The van der Waals surface area contributed by atoms with E-state index in [1.165, 1.54) is 26.2 Å². The van der Waals surface area contributed by atoms with E-state index in [-0.39, 0.29) is 10.8 Å². The minimum absolute atomic E-state index is 0.112. The van der Waals surface area contributed by atoms with E-state index < -0.39 is 15.4 Å². The Balaban J connectivity index is 2.34. The first-order chi connectivity index (χ1) is 10.7. The second-order valence-corrected chi connectivity index (χ2v) is 8.27. The summed E-state index contributed by atoms with van der Waals surface area (Å²) in [7, 11) is -0.665. The number of nitrogens with zero attached hydrogens (tertiary/aromatic N) is 2. The van der Waals surface area contributed by atoms with Crippen molar-refractivity contribution in [2.75, 3.05) is 19.4 Å². The number of amides is 1. The van der Waals surface area contributed by atoms with Gasteiger partial charge in [0.2, 0.25) is 15.9 Å². The molecule has 2 rings (SSSR count). The van der Waals surface area contributed by atoms with Crippen molar-refractivity contribution in [1.82, 2.24) is 4.31 Å². The van der Waals surface area contributed by atoms with Gasteiger partial charge in [0.25, 0.3) is 0 Å². The van der Waals surface area contributed by atoms with Gasteiger partial charge in [0, 0.05) is 19.8 Å². The lowest BCUT2D eigenvalue weighted by molar-refractivity contribution is -0.122. The number of hydrogen-bond acceptors (Lipinski definition) is 4. The lowest BCUT2D eigenvalue weighted by Gasteiger charge is -2.21. The molecule has 0 saturated heterocycles. The van der Waals surface area contributed by atoms with Crippen LogP contribution in [0.15, 0.2) is 23.1 Å². The Hall–Kier alpha value is -1.91. The molecule has 1 amide bonds. The zero-order chi connectivity index (χ0) is 17.3. The number of carbonyl (C=O) groups excluding carboxylic acids is 1. The van der Waals surface area contributed by atoms with Crippen LogP contribution < -0.4 is 5.32 Å². The molecule has 0 heterocycles. The summed E-state index contributed by atoms with van der Waals surface area (Å²) in [6.45, 7) is 1.79. The molecule has 6 nitrogen and oxygen atoms in total. The molecule has 0 bridgehead atoms. The standard InChI is InChI=1S/C16H21N3O3S/c1-12-6-7-13(23(21,22)19(2)3)10-14(12)18-15(20)16(11-17)8-4-5-9-16/h6-7,10H,4-5,8-9H2,1-3H3,(H,18,20). The van der Waals surface area contributed by atoms with Gasteiger partial charge in [0.15, 0.2) is 0 Å². The molecule has 1 aliphatic carbocycles. The molecule has 0 atom stereocenters. The molecule has 124 valence electrons. The highest BCUT2D eigenvalue weighted by Gasteiger charge is 2.41. The maximum atomic E-state index is 12.5. The van der Waals surface area contributed by atoms with Crippen LogP contribution in [0.25, 0.3) is 0 Å². The second kappa shape index (κ2) is 6.30. The Labute approximate surface area is 137 Å². The van der Waals surface area contributed by atoms with Gasteiger partial charge in [0.1, 0.15) is 5.41 Å². The van der Waals surface area contributed by atoms with Crippen molar-refractivity contribution in [2.24, 2.45) is 5.41 Å². The third-order valence-electron chi connectivity index (χ3n) is 4.34. The Morgan fingerprint density at radius 3 is 2.43 bits per heavy atom. The Morgan fingerprint density at radius 1 is 1.30 bits per heavy atom. The van der Waals surface area contributed by atoms with E-state index in [0.29, 0.717) is 18.5 Å². The number of anilines is 1. The van der Waals surface area contributed by atoms with Crippen molar-refractivity contribution in [3.8, 4) is 6.07 Å². The van der Waals surface area contributed by atoms with Gasteiger partial charge in [-0.3, -0.25) is 4.79 Å². The minimum Gasteiger partial charge on any atom is -0.324 e. The van der Waals surface area contributed by atoms with Crippen LogP contribution in [0.3, 0.4) is 0 Å². The Kier molecular flexibility index (Phi) is 4.78. The summed E-state index contributed by atoms with van der Waals surface area (Å²) in [5.74, 6) is -0.347. The molecule has 0 spiro atoms. The van der Waals surface area contributed by atoms with Gasteiger partial charge < -0.3 is 5.32 Å². The van der Waals surface area contributed by atoms with E-state index in [1.54, 1.807) is 13.0 Å². The fraction of sp³-hybridized carbons (Fsp3) is 0.500. The highest BCUT2D eigenvalue weighted by Crippen LogP contribution is 2.38. The summed E-state index contributed by atoms with van der Waals surface area (Å²) >= 11 is 0. The monoisotopic (exact) mass is 335 g/mol. The van der Waals surface area contributed by atoms with Crippen molar-refractivity contribution in [3.63, 3.8) is 0 Å². The molecular weight excluding hydrogens is 314 g/mol. The molecule has 0 radical (unpaired) electrons. The lowest BCUT2D eigenvalue weighted by atomic mass is 9.87. The van der Waals surface area contributed by atoms with E-state index in [4.69, 9.17) is 0 Å². The van der Waals surface area contributed by atoms with E-state index in [1.807, 2.05) is 0 Å². The van der Waals surface area contributed by atoms with Crippen molar-refractivity contribution in [2.45, 2.75) is 37.5 Å². The molecule has 7 heteroatoms. The van der Waals surface area contributed by atoms with E-state index in [9.17, 15) is 18.5 Å². The number of rotatable bonds is 4. The van der Waals surface area contributed by atoms with E-state index in [2.05, 4.69) is 11.4 Å². The number of sulfonamides is 1. The molecule has 0 aliphatic heterocycles. The number of aryl methyl sites for hydroxylation is 1. The maximum Gasteiger partial charge on any atom is 0.244 e. The highest BCUT2D eigenvalue weighted by atomic mass is 32.2. The fourth-order valence-corrected chi connectivity index (χ4v) is 3.65. The van der Waals surface area contributed by atoms with Gasteiger partial charge in [-0.05, 0) is 37.5 Å². The minimum atomic E-state index is -3.57. The molecular formula is C16H21N3O3S. The predicted octanol–water partition coefficient (Wildman–Crippen LogP) is 2.27. The molecule has 23 heavy (non-hydrogen) atoms. The zero-order valence-corrected chi connectivity index (χ0v) is 14.4. The largest absolute Gasteiger partial charge is 0.324 e. The van der Waals surface area contributed by atoms with Crippen molar-refractivity contribution in [1.29, 1.82) is 5.26 Å². The third-order valence-corrected chi connectivity index (χ3v) is 6.15. The maximum absolute atomic E-state index is 12.5. The third kappa shape index (κ3) is 3.23. The summed E-state index contributed by atoms with van der Waals surface area (Å²) in [5, 5.41) is 12.1. The quantitative estimate of drug-likeness (QED) is 0.914. The summed E-state index contributed by atoms with van der Waals surface area (Å²) in [5.41, 5.74) is 0.185. The van der Waals surface area contributed by atoms with Gasteiger partial charge >= 0.3 is 0 Å². The molecule has 1 aromatic rings. The van der Waals surface area contributed by atoms with Gasteiger partial charge in [-0.2, -0.15) is 5.26 Å². The van der Waals surface area contributed by atoms with Crippen molar-refractivity contribution in [3.05, 3.63) is 23.8 Å². The first-order valence-corrected chi connectivity index (χ1v) is 8.93. The normalized spacial score (nSPS) is 17.0. The summed E-state index contributed by atoms with van der Waals surface area (Å²) in [6, 6.07) is 6.75. The van der Waals surface area contributed by atoms with Crippen LogP contribution in [-0.4, -0.2) is 32.7 Å². The second-order valence-electron chi connectivity index (χ2n) is 6.12.